The molecule has 19 heavy (non-hydrogen) atoms. The topological polar surface area (TPSA) is 21.3 Å². The van der Waals surface area contributed by atoms with Crippen LogP contribution in [0.5, 0.6) is 0 Å². The lowest BCUT2D eigenvalue weighted by Gasteiger charge is -2.33. The number of para-hydroxylation sites is 1. The fourth-order valence-electron chi connectivity index (χ4n) is 3.43. The summed E-state index contributed by atoms with van der Waals surface area (Å²) in [6.07, 6.45) is 9.57. The zero-order valence-corrected chi connectivity index (χ0v) is 13.5. The van der Waals surface area contributed by atoms with Crippen molar-refractivity contribution in [3.05, 3.63) is 27.8 Å². The average molecular weight is 371 g/mol. The maximum atomic E-state index is 6.39. The standard InChI is InChI=1S/C16H22INO/c17-14-6-2-3-7-15(14)18-12-13-8-11-16(19-13)9-4-1-5-10-16/h2-3,6-7,13,18H,1,4-5,8-12H2. The van der Waals surface area contributed by atoms with Crippen LogP contribution in [0.3, 0.4) is 0 Å². The molecule has 2 aliphatic rings. The number of benzene rings is 1. The van der Waals surface area contributed by atoms with E-state index in [1.807, 2.05) is 0 Å². The number of anilines is 1. The van der Waals surface area contributed by atoms with Gasteiger partial charge in [0.15, 0.2) is 0 Å². The second-order valence-corrected chi connectivity index (χ2v) is 7.05. The Kier molecular flexibility index (Phi) is 4.32. The first-order chi connectivity index (χ1) is 9.27. The second kappa shape index (κ2) is 6.00. The van der Waals surface area contributed by atoms with Gasteiger partial charge < -0.3 is 10.1 Å². The molecule has 0 radical (unpaired) electrons. The molecule has 0 aromatic heterocycles. The molecule has 104 valence electrons. The first kappa shape index (κ1) is 13.7. The molecule has 2 nitrogen and oxygen atoms in total. The van der Waals surface area contributed by atoms with Gasteiger partial charge in [-0.3, -0.25) is 0 Å². The number of hydrogen-bond acceptors (Lipinski definition) is 2. The maximum Gasteiger partial charge on any atom is 0.0756 e. The van der Waals surface area contributed by atoms with E-state index in [1.54, 1.807) is 0 Å². The van der Waals surface area contributed by atoms with Crippen LogP contribution in [0.4, 0.5) is 5.69 Å². The van der Waals surface area contributed by atoms with Crippen molar-refractivity contribution in [2.75, 3.05) is 11.9 Å². The Bertz CT molecular complexity index is 429. The van der Waals surface area contributed by atoms with E-state index in [2.05, 4.69) is 52.2 Å². The Morgan fingerprint density at radius 2 is 1.95 bits per heavy atom. The average Bonchev–Trinajstić information content (AvgIpc) is 2.82. The number of nitrogens with one attached hydrogen (secondary N) is 1. The van der Waals surface area contributed by atoms with Gasteiger partial charge in [0.1, 0.15) is 0 Å². The molecule has 0 amide bonds. The number of ether oxygens (including phenoxy) is 1. The lowest BCUT2D eigenvalue weighted by Crippen LogP contribution is -2.33. The summed E-state index contributed by atoms with van der Waals surface area (Å²) in [6.45, 7) is 0.946. The van der Waals surface area contributed by atoms with Crippen LogP contribution in [0.15, 0.2) is 24.3 Å². The number of halogens is 1. The second-order valence-electron chi connectivity index (χ2n) is 5.88. The molecule has 3 rings (SSSR count). The van der Waals surface area contributed by atoms with Crippen molar-refractivity contribution in [2.45, 2.75) is 56.7 Å². The molecule has 1 heterocycles. The van der Waals surface area contributed by atoms with Gasteiger partial charge >= 0.3 is 0 Å². The summed E-state index contributed by atoms with van der Waals surface area (Å²) in [5.74, 6) is 0. The van der Waals surface area contributed by atoms with Gasteiger partial charge in [-0.2, -0.15) is 0 Å². The summed E-state index contributed by atoms with van der Waals surface area (Å²) < 4.78 is 7.67. The van der Waals surface area contributed by atoms with E-state index in [9.17, 15) is 0 Å². The van der Waals surface area contributed by atoms with Crippen LogP contribution in [-0.2, 0) is 4.74 Å². The van der Waals surface area contributed by atoms with Gasteiger partial charge in [0.25, 0.3) is 0 Å². The fourth-order valence-corrected chi connectivity index (χ4v) is 4.01. The molecule has 1 aromatic rings. The predicted octanol–water partition coefficient (Wildman–Crippen LogP) is 4.59. The highest BCUT2D eigenvalue weighted by atomic mass is 127. The quantitative estimate of drug-likeness (QED) is 0.785. The normalized spacial score (nSPS) is 25.6. The van der Waals surface area contributed by atoms with Crippen molar-refractivity contribution in [3.63, 3.8) is 0 Å². The minimum atomic E-state index is 0.244. The molecule has 1 aliphatic heterocycles. The Morgan fingerprint density at radius 3 is 2.74 bits per heavy atom. The smallest absolute Gasteiger partial charge is 0.0756 e. The van der Waals surface area contributed by atoms with Crippen molar-refractivity contribution in [3.8, 4) is 0 Å². The van der Waals surface area contributed by atoms with E-state index in [1.165, 1.54) is 54.2 Å². The third kappa shape index (κ3) is 3.24. The molecule has 1 saturated carbocycles. The van der Waals surface area contributed by atoms with Gasteiger partial charge in [0.2, 0.25) is 0 Å². The van der Waals surface area contributed by atoms with E-state index in [0.29, 0.717) is 6.10 Å². The van der Waals surface area contributed by atoms with Crippen molar-refractivity contribution < 1.29 is 4.74 Å². The van der Waals surface area contributed by atoms with Crippen molar-refractivity contribution in [1.82, 2.24) is 0 Å². The first-order valence-corrected chi connectivity index (χ1v) is 8.52. The largest absolute Gasteiger partial charge is 0.382 e. The summed E-state index contributed by atoms with van der Waals surface area (Å²) in [5, 5.41) is 3.54. The molecular formula is C16H22INO. The zero-order valence-electron chi connectivity index (χ0n) is 11.3. The Balaban J connectivity index is 1.53. The molecule has 1 N–H and O–H groups in total. The van der Waals surface area contributed by atoms with Crippen LogP contribution in [-0.4, -0.2) is 18.2 Å². The monoisotopic (exact) mass is 371 g/mol. The molecule has 1 atom stereocenters. The summed E-state index contributed by atoms with van der Waals surface area (Å²) in [4.78, 5) is 0. The third-order valence-corrected chi connectivity index (χ3v) is 5.44. The van der Waals surface area contributed by atoms with Crippen LogP contribution in [0.25, 0.3) is 0 Å². The van der Waals surface area contributed by atoms with Crippen molar-refractivity contribution >= 4 is 28.3 Å². The van der Waals surface area contributed by atoms with Gasteiger partial charge in [0.05, 0.1) is 11.7 Å². The van der Waals surface area contributed by atoms with E-state index < -0.39 is 0 Å². The molecular weight excluding hydrogens is 349 g/mol. The number of hydrogen-bond donors (Lipinski definition) is 1. The van der Waals surface area contributed by atoms with Gasteiger partial charge in [-0.05, 0) is 60.4 Å². The molecule has 2 fully saturated rings. The highest BCUT2D eigenvalue weighted by Gasteiger charge is 2.40. The Hall–Kier alpha value is -0.290. The molecule has 1 aliphatic carbocycles. The van der Waals surface area contributed by atoms with Gasteiger partial charge in [-0.15, -0.1) is 0 Å². The van der Waals surface area contributed by atoms with E-state index in [0.717, 1.165) is 6.54 Å². The molecule has 3 heteroatoms. The van der Waals surface area contributed by atoms with Crippen LogP contribution in [0.1, 0.15) is 44.9 Å². The van der Waals surface area contributed by atoms with Crippen LogP contribution >= 0.6 is 22.6 Å². The lowest BCUT2D eigenvalue weighted by molar-refractivity contribution is -0.0588. The summed E-state index contributed by atoms with van der Waals surface area (Å²) in [7, 11) is 0. The van der Waals surface area contributed by atoms with E-state index in [4.69, 9.17) is 4.74 Å². The predicted molar refractivity (Wildman–Crippen MR) is 87.6 cm³/mol. The minimum absolute atomic E-state index is 0.244. The number of rotatable bonds is 3. The molecule has 1 spiro atoms. The lowest BCUT2D eigenvalue weighted by atomic mass is 9.83. The summed E-state index contributed by atoms with van der Waals surface area (Å²) >= 11 is 2.38. The van der Waals surface area contributed by atoms with Gasteiger partial charge in [0, 0.05) is 15.8 Å². The SMILES string of the molecule is Ic1ccccc1NCC1CCC2(CCCCC2)O1. The summed E-state index contributed by atoms with van der Waals surface area (Å²) in [6, 6.07) is 8.45. The van der Waals surface area contributed by atoms with E-state index >= 15 is 0 Å². The molecule has 1 aromatic carbocycles. The first-order valence-electron chi connectivity index (χ1n) is 7.44. The highest BCUT2D eigenvalue weighted by molar-refractivity contribution is 14.1. The van der Waals surface area contributed by atoms with Crippen LogP contribution in [0, 0.1) is 3.57 Å². The maximum absolute atomic E-state index is 6.39. The van der Waals surface area contributed by atoms with Crippen molar-refractivity contribution in [2.24, 2.45) is 0 Å². The van der Waals surface area contributed by atoms with Crippen LogP contribution in [0.2, 0.25) is 0 Å². The minimum Gasteiger partial charge on any atom is -0.382 e. The van der Waals surface area contributed by atoms with Crippen molar-refractivity contribution in [1.29, 1.82) is 0 Å². The van der Waals surface area contributed by atoms with Crippen LogP contribution < -0.4 is 5.32 Å². The third-order valence-electron chi connectivity index (χ3n) is 4.50. The molecule has 1 saturated heterocycles. The molecule has 1 unspecified atom stereocenters. The summed E-state index contributed by atoms with van der Waals surface area (Å²) in [5.41, 5.74) is 1.48. The fraction of sp³-hybridized carbons (Fsp3) is 0.625. The highest BCUT2D eigenvalue weighted by Crippen LogP contribution is 2.41. The van der Waals surface area contributed by atoms with Gasteiger partial charge in [-0.25, -0.2) is 0 Å². The Labute approximate surface area is 129 Å². The van der Waals surface area contributed by atoms with Gasteiger partial charge in [-0.1, -0.05) is 31.4 Å². The molecule has 0 bridgehead atoms. The van der Waals surface area contributed by atoms with E-state index in [-0.39, 0.29) is 5.60 Å². The Morgan fingerprint density at radius 1 is 1.16 bits per heavy atom. The zero-order chi connectivity index (χ0) is 13.1.